The van der Waals surface area contributed by atoms with Crippen LogP contribution in [0.2, 0.25) is 0 Å². The van der Waals surface area contributed by atoms with E-state index < -0.39 is 0 Å². The van der Waals surface area contributed by atoms with Crippen molar-refractivity contribution in [1.82, 2.24) is 9.80 Å². The monoisotopic (exact) mass is 305 g/mol. The van der Waals surface area contributed by atoms with E-state index in [9.17, 15) is 14.3 Å². The first-order valence-electron chi connectivity index (χ1n) is 7.32. The molecule has 2 rings (SSSR count). The van der Waals surface area contributed by atoms with Crippen LogP contribution >= 0.6 is 0 Å². The second kappa shape index (κ2) is 7.34. The number of hydrogen-bond acceptors (Lipinski definition) is 4. The third kappa shape index (κ3) is 4.26. The Morgan fingerprint density at radius 2 is 2.18 bits per heavy atom. The van der Waals surface area contributed by atoms with Crippen LogP contribution in [0.1, 0.15) is 24.0 Å². The van der Waals surface area contributed by atoms with Crippen molar-refractivity contribution in [2.45, 2.75) is 25.5 Å². The highest BCUT2D eigenvalue weighted by molar-refractivity contribution is 5.78. The van der Waals surface area contributed by atoms with Crippen molar-refractivity contribution in [3.05, 3.63) is 35.1 Å². The van der Waals surface area contributed by atoms with Crippen LogP contribution in [0.25, 0.3) is 0 Å². The maximum Gasteiger partial charge on any atom is 0.236 e. The van der Waals surface area contributed by atoms with Gasteiger partial charge in [0.05, 0.1) is 24.3 Å². The molecular weight excluding hydrogens is 285 g/mol. The third-order valence-corrected chi connectivity index (χ3v) is 3.84. The zero-order valence-electron chi connectivity index (χ0n) is 12.6. The van der Waals surface area contributed by atoms with E-state index in [2.05, 4.69) is 0 Å². The largest absolute Gasteiger partial charge is 0.393 e. The Kier molecular flexibility index (Phi) is 5.47. The van der Waals surface area contributed by atoms with Crippen LogP contribution in [0.3, 0.4) is 0 Å². The Morgan fingerprint density at radius 1 is 1.50 bits per heavy atom. The number of benzene rings is 1. The molecular formula is C16H20FN3O2. The second-order valence-electron chi connectivity index (χ2n) is 5.70. The molecule has 0 aliphatic carbocycles. The first-order valence-corrected chi connectivity index (χ1v) is 7.32. The summed E-state index contributed by atoms with van der Waals surface area (Å²) in [6, 6.07) is 6.19. The second-order valence-corrected chi connectivity index (χ2v) is 5.70. The van der Waals surface area contributed by atoms with E-state index in [1.54, 1.807) is 16.8 Å². The zero-order valence-corrected chi connectivity index (χ0v) is 12.6. The number of rotatable bonds is 4. The highest BCUT2D eigenvalue weighted by Crippen LogP contribution is 2.13. The fourth-order valence-corrected chi connectivity index (χ4v) is 2.56. The molecule has 0 saturated carbocycles. The lowest BCUT2D eigenvalue weighted by atomic mass is 10.1. The number of halogens is 1. The summed E-state index contributed by atoms with van der Waals surface area (Å²) >= 11 is 0. The lowest BCUT2D eigenvalue weighted by Gasteiger charge is -2.31. The molecule has 5 nitrogen and oxygen atoms in total. The van der Waals surface area contributed by atoms with Crippen molar-refractivity contribution < 1.29 is 14.3 Å². The summed E-state index contributed by atoms with van der Waals surface area (Å²) in [5.41, 5.74) is 0.810. The minimum absolute atomic E-state index is 0.0220. The summed E-state index contributed by atoms with van der Waals surface area (Å²) in [5.74, 6) is -0.398. The van der Waals surface area contributed by atoms with Gasteiger partial charge in [0.15, 0.2) is 0 Å². The molecule has 0 spiro atoms. The predicted molar refractivity (Wildman–Crippen MR) is 79.3 cm³/mol. The number of aliphatic hydroxyl groups is 1. The van der Waals surface area contributed by atoms with Crippen molar-refractivity contribution in [1.29, 1.82) is 5.26 Å². The Balaban J connectivity index is 1.91. The molecule has 1 aliphatic rings. The SMILES string of the molecule is CN(CC(=O)N1CCC(O)CC1)Cc1cc(C#N)ccc1F. The van der Waals surface area contributed by atoms with Crippen LogP contribution < -0.4 is 0 Å². The van der Waals surface area contributed by atoms with Crippen LogP contribution in [0.5, 0.6) is 0 Å². The van der Waals surface area contributed by atoms with E-state index >= 15 is 0 Å². The summed E-state index contributed by atoms with van der Waals surface area (Å²) in [5, 5.41) is 18.3. The van der Waals surface area contributed by atoms with E-state index in [1.165, 1.54) is 18.2 Å². The molecule has 0 atom stereocenters. The van der Waals surface area contributed by atoms with Gasteiger partial charge in [-0.15, -0.1) is 0 Å². The van der Waals surface area contributed by atoms with Gasteiger partial charge in [-0.1, -0.05) is 0 Å². The maximum atomic E-state index is 13.7. The van der Waals surface area contributed by atoms with Crippen molar-refractivity contribution in [2.24, 2.45) is 0 Å². The van der Waals surface area contributed by atoms with Crippen LogP contribution in [0.15, 0.2) is 18.2 Å². The van der Waals surface area contributed by atoms with Gasteiger partial charge in [0.2, 0.25) is 5.91 Å². The number of likely N-dealkylation sites (N-methyl/N-ethyl adjacent to an activating group) is 1. The zero-order chi connectivity index (χ0) is 16.1. The molecule has 1 saturated heterocycles. The molecule has 1 fully saturated rings. The van der Waals surface area contributed by atoms with Crippen LogP contribution in [0.4, 0.5) is 4.39 Å². The summed E-state index contributed by atoms with van der Waals surface area (Å²) in [6.45, 7) is 1.58. The fourth-order valence-electron chi connectivity index (χ4n) is 2.56. The molecule has 22 heavy (non-hydrogen) atoms. The average molecular weight is 305 g/mol. The average Bonchev–Trinajstić information content (AvgIpc) is 2.50. The molecule has 6 heteroatoms. The van der Waals surface area contributed by atoms with Crippen molar-refractivity contribution >= 4 is 5.91 Å². The molecule has 0 bridgehead atoms. The van der Waals surface area contributed by atoms with Gasteiger partial charge < -0.3 is 10.0 Å². The van der Waals surface area contributed by atoms with E-state index in [4.69, 9.17) is 5.26 Å². The van der Waals surface area contributed by atoms with E-state index in [0.717, 1.165) is 0 Å². The lowest BCUT2D eigenvalue weighted by molar-refractivity contribution is -0.134. The quantitative estimate of drug-likeness (QED) is 0.905. The first kappa shape index (κ1) is 16.4. The number of piperidine rings is 1. The summed E-state index contributed by atoms with van der Waals surface area (Å²) in [7, 11) is 1.75. The maximum absolute atomic E-state index is 13.7. The van der Waals surface area contributed by atoms with Crippen LogP contribution in [-0.4, -0.2) is 53.6 Å². The van der Waals surface area contributed by atoms with Gasteiger partial charge in [-0.3, -0.25) is 9.69 Å². The molecule has 118 valence electrons. The first-order chi connectivity index (χ1) is 10.5. The smallest absolute Gasteiger partial charge is 0.236 e. The predicted octanol–water partition coefficient (Wildman–Crippen LogP) is 1.11. The topological polar surface area (TPSA) is 67.6 Å². The number of nitriles is 1. The van der Waals surface area contributed by atoms with Gasteiger partial charge in [0.25, 0.3) is 0 Å². The number of amides is 1. The van der Waals surface area contributed by atoms with Gasteiger partial charge in [-0.25, -0.2) is 4.39 Å². The number of carbonyl (C=O) groups excluding carboxylic acids is 1. The minimum atomic E-state index is -0.376. The van der Waals surface area contributed by atoms with Crippen molar-refractivity contribution in [3.8, 4) is 6.07 Å². The highest BCUT2D eigenvalue weighted by Gasteiger charge is 2.22. The molecule has 1 N–H and O–H groups in total. The number of nitrogens with zero attached hydrogens (tertiary/aromatic N) is 3. The van der Waals surface area contributed by atoms with Crippen molar-refractivity contribution in [3.63, 3.8) is 0 Å². The lowest BCUT2D eigenvalue weighted by Crippen LogP contribution is -2.44. The molecule has 1 aromatic rings. The van der Waals surface area contributed by atoms with Gasteiger partial charge in [-0.05, 0) is 38.1 Å². The Labute approximate surface area is 129 Å². The molecule has 0 radical (unpaired) electrons. The molecule has 0 unspecified atom stereocenters. The van der Waals surface area contributed by atoms with Gasteiger partial charge >= 0.3 is 0 Å². The summed E-state index contributed by atoms with van der Waals surface area (Å²) in [4.78, 5) is 15.6. The minimum Gasteiger partial charge on any atom is -0.393 e. The van der Waals surface area contributed by atoms with Crippen LogP contribution in [-0.2, 0) is 11.3 Å². The van der Waals surface area contributed by atoms with E-state index in [0.29, 0.717) is 37.1 Å². The van der Waals surface area contributed by atoms with Gasteiger partial charge in [0, 0.05) is 25.2 Å². The standard InChI is InChI=1S/C16H20FN3O2/c1-19(10-13-8-12(9-18)2-3-15(13)17)11-16(22)20-6-4-14(21)5-7-20/h2-3,8,14,21H,4-7,10-11H2,1H3. The van der Waals surface area contributed by atoms with Crippen LogP contribution in [0, 0.1) is 17.1 Å². The molecule has 0 aromatic heterocycles. The van der Waals surface area contributed by atoms with E-state index in [1.807, 2.05) is 6.07 Å². The van der Waals surface area contributed by atoms with Gasteiger partial charge in [0.1, 0.15) is 5.82 Å². The Morgan fingerprint density at radius 3 is 2.82 bits per heavy atom. The molecule has 1 amide bonds. The Bertz CT molecular complexity index is 577. The number of carbonyl (C=O) groups is 1. The third-order valence-electron chi connectivity index (χ3n) is 3.84. The summed E-state index contributed by atoms with van der Waals surface area (Å²) < 4.78 is 13.7. The normalized spacial score (nSPS) is 15.9. The Hall–Kier alpha value is -1.97. The van der Waals surface area contributed by atoms with E-state index in [-0.39, 0.29) is 30.9 Å². The molecule has 1 aromatic carbocycles. The summed E-state index contributed by atoms with van der Waals surface area (Å²) in [6.07, 6.45) is 0.896. The van der Waals surface area contributed by atoms with Gasteiger partial charge in [-0.2, -0.15) is 5.26 Å². The fraction of sp³-hybridized carbons (Fsp3) is 0.500. The van der Waals surface area contributed by atoms with Crippen molar-refractivity contribution in [2.75, 3.05) is 26.7 Å². The molecule has 1 aliphatic heterocycles. The number of aliphatic hydroxyl groups excluding tert-OH is 1. The highest BCUT2D eigenvalue weighted by atomic mass is 19.1. The molecule has 1 heterocycles. The number of hydrogen-bond donors (Lipinski definition) is 1. The number of likely N-dealkylation sites (tertiary alicyclic amines) is 1.